The molecule has 2 aromatic rings. The Kier molecular flexibility index (Phi) is 6.21. The SMILES string of the molecule is C[C@@H]1CN(Cc2csc(NC(=O)c3ccc(OC(F)(F)F)cc3)n2)C[C@H](C)O1. The predicted molar refractivity (Wildman–Crippen MR) is 98.5 cm³/mol. The summed E-state index contributed by atoms with van der Waals surface area (Å²) in [5, 5.41) is 4.97. The Morgan fingerprint density at radius 3 is 2.54 bits per heavy atom. The fourth-order valence-electron chi connectivity index (χ4n) is 3.06. The van der Waals surface area contributed by atoms with Crippen LogP contribution in [0.4, 0.5) is 18.3 Å². The first-order valence-corrected chi connectivity index (χ1v) is 9.55. The molecule has 1 N–H and O–H groups in total. The number of amides is 1. The molecule has 1 aliphatic heterocycles. The molecule has 2 atom stereocenters. The summed E-state index contributed by atoms with van der Waals surface area (Å²) >= 11 is 1.30. The van der Waals surface area contributed by atoms with Crippen molar-refractivity contribution in [1.29, 1.82) is 0 Å². The van der Waals surface area contributed by atoms with Gasteiger partial charge in [0.15, 0.2) is 5.13 Å². The van der Waals surface area contributed by atoms with Crippen molar-refractivity contribution in [3.63, 3.8) is 0 Å². The molecule has 1 aliphatic rings. The number of morpholine rings is 1. The molecule has 1 aromatic heterocycles. The Balaban J connectivity index is 1.56. The van der Waals surface area contributed by atoms with Gasteiger partial charge in [-0.25, -0.2) is 4.98 Å². The number of benzene rings is 1. The van der Waals surface area contributed by atoms with Crippen LogP contribution in [-0.2, 0) is 11.3 Å². The molecule has 0 spiro atoms. The number of nitrogens with zero attached hydrogens (tertiary/aromatic N) is 2. The Labute approximate surface area is 164 Å². The van der Waals surface area contributed by atoms with Gasteiger partial charge in [-0.3, -0.25) is 15.0 Å². The summed E-state index contributed by atoms with van der Waals surface area (Å²) < 4.78 is 46.0. The summed E-state index contributed by atoms with van der Waals surface area (Å²) in [7, 11) is 0. The van der Waals surface area contributed by atoms with Gasteiger partial charge in [0, 0.05) is 30.6 Å². The van der Waals surface area contributed by atoms with E-state index >= 15 is 0 Å². The zero-order valence-corrected chi connectivity index (χ0v) is 16.1. The summed E-state index contributed by atoms with van der Waals surface area (Å²) in [6.45, 7) is 6.35. The summed E-state index contributed by atoms with van der Waals surface area (Å²) in [6.07, 6.45) is -4.45. The molecular formula is C18H20F3N3O3S. The minimum Gasteiger partial charge on any atom is -0.406 e. The molecule has 10 heteroatoms. The average molecular weight is 415 g/mol. The van der Waals surface area contributed by atoms with E-state index in [0.717, 1.165) is 30.9 Å². The lowest BCUT2D eigenvalue weighted by atomic mass is 10.2. The first kappa shape index (κ1) is 20.6. The fraction of sp³-hybridized carbons (Fsp3) is 0.444. The standard InChI is InChI=1S/C18H20F3N3O3S/c1-11-7-24(8-12(2)26-11)9-14-10-28-17(22-14)23-16(25)13-3-5-15(6-4-13)27-18(19,20)21/h3-6,10-12H,7-9H2,1-2H3,(H,22,23,25)/t11-,12+. The number of rotatable bonds is 5. The number of hydrogen-bond donors (Lipinski definition) is 1. The minimum atomic E-state index is -4.77. The van der Waals surface area contributed by atoms with Crippen LogP contribution in [0.5, 0.6) is 5.75 Å². The lowest BCUT2D eigenvalue weighted by Crippen LogP contribution is -2.44. The normalized spacial score (nSPS) is 20.8. The average Bonchev–Trinajstić information content (AvgIpc) is 2.99. The zero-order chi connectivity index (χ0) is 20.3. The Morgan fingerprint density at radius 1 is 1.29 bits per heavy atom. The highest BCUT2D eigenvalue weighted by Gasteiger charge is 2.31. The number of nitrogens with one attached hydrogen (secondary N) is 1. The van der Waals surface area contributed by atoms with Crippen molar-refractivity contribution < 1.29 is 27.4 Å². The molecule has 152 valence electrons. The molecule has 3 rings (SSSR count). The molecule has 0 unspecified atom stereocenters. The van der Waals surface area contributed by atoms with Gasteiger partial charge in [-0.05, 0) is 38.1 Å². The van der Waals surface area contributed by atoms with Crippen LogP contribution in [0.25, 0.3) is 0 Å². The predicted octanol–water partition coefficient (Wildman–Crippen LogP) is 3.90. The maximum absolute atomic E-state index is 12.3. The van der Waals surface area contributed by atoms with Crippen molar-refractivity contribution in [1.82, 2.24) is 9.88 Å². The molecule has 1 fully saturated rings. The van der Waals surface area contributed by atoms with Gasteiger partial charge in [0.1, 0.15) is 5.75 Å². The molecule has 6 nitrogen and oxygen atoms in total. The molecule has 28 heavy (non-hydrogen) atoms. The van der Waals surface area contributed by atoms with Crippen LogP contribution in [0.3, 0.4) is 0 Å². The number of carbonyl (C=O) groups is 1. The number of alkyl halides is 3. The Hall–Kier alpha value is -2.17. The van der Waals surface area contributed by atoms with E-state index in [1.165, 1.54) is 23.5 Å². The van der Waals surface area contributed by atoms with Gasteiger partial charge in [0.05, 0.1) is 17.9 Å². The molecule has 0 bridgehead atoms. The number of carbonyl (C=O) groups excluding carboxylic acids is 1. The second kappa shape index (κ2) is 8.46. The molecular weight excluding hydrogens is 395 g/mol. The third kappa shape index (κ3) is 5.91. The highest BCUT2D eigenvalue weighted by atomic mass is 32.1. The van der Waals surface area contributed by atoms with Crippen LogP contribution in [0.15, 0.2) is 29.6 Å². The first-order chi connectivity index (χ1) is 13.2. The monoisotopic (exact) mass is 415 g/mol. The van der Waals surface area contributed by atoms with Crippen molar-refractivity contribution in [2.75, 3.05) is 18.4 Å². The highest BCUT2D eigenvalue weighted by molar-refractivity contribution is 7.13. The number of aromatic nitrogens is 1. The number of thiazole rings is 1. The van der Waals surface area contributed by atoms with E-state index in [4.69, 9.17) is 4.74 Å². The topological polar surface area (TPSA) is 63.7 Å². The van der Waals surface area contributed by atoms with Crippen molar-refractivity contribution in [2.45, 2.75) is 39.0 Å². The summed E-state index contributed by atoms with van der Waals surface area (Å²) in [5.41, 5.74) is 1.05. The van der Waals surface area contributed by atoms with E-state index < -0.39 is 12.3 Å². The molecule has 1 aromatic carbocycles. The summed E-state index contributed by atoms with van der Waals surface area (Å²) in [4.78, 5) is 18.9. The van der Waals surface area contributed by atoms with Gasteiger partial charge in [0.25, 0.3) is 5.91 Å². The third-order valence-electron chi connectivity index (χ3n) is 4.00. The molecule has 1 saturated heterocycles. The first-order valence-electron chi connectivity index (χ1n) is 8.67. The molecule has 1 amide bonds. The number of hydrogen-bond acceptors (Lipinski definition) is 6. The van der Waals surface area contributed by atoms with Crippen LogP contribution < -0.4 is 10.1 Å². The maximum Gasteiger partial charge on any atom is 0.573 e. The second-order valence-corrected chi connectivity index (χ2v) is 7.48. The van der Waals surface area contributed by atoms with Crippen LogP contribution in [0.1, 0.15) is 29.9 Å². The van der Waals surface area contributed by atoms with Crippen LogP contribution in [0, 0.1) is 0 Å². The van der Waals surface area contributed by atoms with Crippen molar-refractivity contribution >= 4 is 22.4 Å². The van der Waals surface area contributed by atoms with Crippen LogP contribution >= 0.6 is 11.3 Å². The van der Waals surface area contributed by atoms with Gasteiger partial charge < -0.3 is 9.47 Å². The summed E-state index contributed by atoms with van der Waals surface area (Å²) in [6, 6.07) is 4.72. The van der Waals surface area contributed by atoms with Crippen LogP contribution in [0.2, 0.25) is 0 Å². The fourth-order valence-corrected chi connectivity index (χ4v) is 3.75. The molecule has 2 heterocycles. The lowest BCUT2D eigenvalue weighted by molar-refractivity contribution is -0.274. The lowest BCUT2D eigenvalue weighted by Gasteiger charge is -2.34. The van der Waals surface area contributed by atoms with Crippen molar-refractivity contribution in [3.8, 4) is 5.75 Å². The van der Waals surface area contributed by atoms with E-state index in [2.05, 4.69) is 19.9 Å². The van der Waals surface area contributed by atoms with Gasteiger partial charge in [-0.1, -0.05) is 0 Å². The summed E-state index contributed by atoms with van der Waals surface area (Å²) in [5.74, 6) is -0.831. The van der Waals surface area contributed by atoms with Gasteiger partial charge in [-0.15, -0.1) is 24.5 Å². The number of anilines is 1. The smallest absolute Gasteiger partial charge is 0.406 e. The number of halogens is 3. The maximum atomic E-state index is 12.3. The van der Waals surface area contributed by atoms with E-state index in [1.54, 1.807) is 0 Å². The van der Waals surface area contributed by atoms with Crippen LogP contribution in [-0.4, -0.2) is 47.5 Å². The van der Waals surface area contributed by atoms with E-state index in [9.17, 15) is 18.0 Å². The number of ether oxygens (including phenoxy) is 2. The quantitative estimate of drug-likeness (QED) is 0.803. The van der Waals surface area contributed by atoms with E-state index in [1.807, 2.05) is 19.2 Å². The van der Waals surface area contributed by atoms with E-state index in [-0.39, 0.29) is 23.5 Å². The Morgan fingerprint density at radius 2 is 1.93 bits per heavy atom. The second-order valence-electron chi connectivity index (χ2n) is 6.62. The van der Waals surface area contributed by atoms with Crippen molar-refractivity contribution in [3.05, 3.63) is 40.9 Å². The van der Waals surface area contributed by atoms with Gasteiger partial charge >= 0.3 is 6.36 Å². The largest absolute Gasteiger partial charge is 0.573 e. The van der Waals surface area contributed by atoms with Gasteiger partial charge in [0.2, 0.25) is 0 Å². The Bertz CT molecular complexity index is 800. The zero-order valence-electron chi connectivity index (χ0n) is 15.3. The highest BCUT2D eigenvalue weighted by Crippen LogP contribution is 2.24. The molecule has 0 radical (unpaired) electrons. The molecule has 0 saturated carbocycles. The van der Waals surface area contributed by atoms with E-state index in [0.29, 0.717) is 11.7 Å². The third-order valence-corrected chi connectivity index (χ3v) is 4.81. The van der Waals surface area contributed by atoms with Gasteiger partial charge in [-0.2, -0.15) is 0 Å². The molecule has 0 aliphatic carbocycles. The minimum absolute atomic E-state index is 0.158. The van der Waals surface area contributed by atoms with Crippen molar-refractivity contribution in [2.24, 2.45) is 0 Å².